The lowest BCUT2D eigenvalue weighted by Gasteiger charge is -1.93. The van der Waals surface area contributed by atoms with Gasteiger partial charge in [0.2, 0.25) is 0 Å². The maximum absolute atomic E-state index is 4.54. The molecule has 0 unspecified atom stereocenters. The lowest BCUT2D eigenvalue weighted by Crippen LogP contribution is -2.04. The summed E-state index contributed by atoms with van der Waals surface area (Å²) in [6.07, 6.45) is 3.84. The summed E-state index contributed by atoms with van der Waals surface area (Å²) in [5, 5.41) is 8.34. The smallest absolute Gasteiger partial charge is 0.127 e. The summed E-state index contributed by atoms with van der Waals surface area (Å²) in [6.45, 7) is 2.92. The molecule has 0 amide bonds. The first kappa shape index (κ1) is 10.3. The maximum atomic E-state index is 4.54. The third-order valence-corrected chi connectivity index (χ3v) is 3.39. The van der Waals surface area contributed by atoms with Crippen molar-refractivity contribution in [2.45, 2.75) is 13.5 Å². The van der Waals surface area contributed by atoms with Gasteiger partial charge in [0.1, 0.15) is 5.01 Å². The van der Waals surface area contributed by atoms with E-state index in [0.717, 1.165) is 22.8 Å². The predicted octanol–water partition coefficient (Wildman–Crippen LogP) is 1.57. The Morgan fingerprint density at radius 2 is 2.33 bits per heavy atom. The van der Waals surface area contributed by atoms with E-state index in [9.17, 15) is 0 Å². The lowest BCUT2D eigenvalue weighted by molar-refractivity contribution is 0.768. The fourth-order valence-corrected chi connectivity index (χ4v) is 2.46. The predicted molar refractivity (Wildman–Crippen MR) is 61.8 cm³/mol. The number of aromatic nitrogens is 3. The van der Waals surface area contributed by atoms with Crippen LogP contribution in [0.15, 0.2) is 12.4 Å². The van der Waals surface area contributed by atoms with Crippen LogP contribution in [-0.2, 0) is 13.6 Å². The fraction of sp³-hybridized carbons (Fsp3) is 0.400. The number of nitrogens with one attached hydrogen (secondary N) is 1. The molecule has 0 aliphatic rings. The van der Waals surface area contributed by atoms with Crippen LogP contribution in [0.25, 0.3) is 10.6 Å². The van der Waals surface area contributed by atoms with Crippen LogP contribution in [0.3, 0.4) is 0 Å². The number of hydrogen-bond acceptors (Lipinski definition) is 4. The standard InChI is InChI=1S/C10H14N4S/c1-7-9(5-11-2)15-10(13-7)8-4-12-14(3)6-8/h4,6,11H,5H2,1-3H3. The number of nitrogens with zero attached hydrogens (tertiary/aromatic N) is 3. The van der Waals surface area contributed by atoms with Crippen LogP contribution in [0, 0.1) is 6.92 Å². The second kappa shape index (κ2) is 4.12. The van der Waals surface area contributed by atoms with Crippen molar-refractivity contribution in [1.82, 2.24) is 20.1 Å². The molecule has 0 bridgehead atoms. The van der Waals surface area contributed by atoms with Crippen molar-refractivity contribution in [1.29, 1.82) is 0 Å². The van der Waals surface area contributed by atoms with Gasteiger partial charge in [0.25, 0.3) is 0 Å². The third-order valence-electron chi connectivity index (χ3n) is 2.18. The summed E-state index contributed by atoms with van der Waals surface area (Å²) >= 11 is 1.72. The van der Waals surface area contributed by atoms with Crippen LogP contribution < -0.4 is 5.32 Å². The third kappa shape index (κ3) is 2.08. The summed E-state index contributed by atoms with van der Waals surface area (Å²) in [5.74, 6) is 0. The number of rotatable bonds is 3. The summed E-state index contributed by atoms with van der Waals surface area (Å²) < 4.78 is 1.80. The number of thiazole rings is 1. The van der Waals surface area contributed by atoms with Crippen LogP contribution in [0.5, 0.6) is 0 Å². The van der Waals surface area contributed by atoms with Gasteiger partial charge >= 0.3 is 0 Å². The minimum atomic E-state index is 0.879. The van der Waals surface area contributed by atoms with Gasteiger partial charge in [-0.3, -0.25) is 4.68 Å². The Kier molecular flexibility index (Phi) is 2.83. The van der Waals surface area contributed by atoms with Crippen LogP contribution in [0.4, 0.5) is 0 Å². The van der Waals surface area contributed by atoms with Gasteiger partial charge in [0, 0.05) is 30.2 Å². The highest BCUT2D eigenvalue weighted by Gasteiger charge is 2.09. The van der Waals surface area contributed by atoms with E-state index in [4.69, 9.17) is 0 Å². The molecule has 2 aromatic heterocycles. The second-order valence-corrected chi connectivity index (χ2v) is 4.54. The highest BCUT2D eigenvalue weighted by atomic mass is 32.1. The molecular formula is C10H14N4S. The first-order valence-electron chi connectivity index (χ1n) is 4.80. The van der Waals surface area contributed by atoms with Gasteiger partial charge < -0.3 is 5.32 Å². The van der Waals surface area contributed by atoms with Crippen molar-refractivity contribution in [2.75, 3.05) is 7.05 Å². The van der Waals surface area contributed by atoms with E-state index in [-0.39, 0.29) is 0 Å². The molecule has 0 spiro atoms. The summed E-state index contributed by atoms with van der Waals surface area (Å²) in [6, 6.07) is 0. The van der Waals surface area contributed by atoms with E-state index in [1.54, 1.807) is 16.0 Å². The van der Waals surface area contributed by atoms with E-state index >= 15 is 0 Å². The van der Waals surface area contributed by atoms with Crippen LogP contribution >= 0.6 is 11.3 Å². The minimum Gasteiger partial charge on any atom is -0.315 e. The molecule has 0 saturated heterocycles. The van der Waals surface area contributed by atoms with Crippen molar-refractivity contribution < 1.29 is 0 Å². The van der Waals surface area contributed by atoms with Gasteiger partial charge in [-0.25, -0.2) is 4.98 Å². The van der Waals surface area contributed by atoms with E-state index in [2.05, 4.69) is 15.4 Å². The maximum Gasteiger partial charge on any atom is 0.127 e. The van der Waals surface area contributed by atoms with Gasteiger partial charge in [0.05, 0.1) is 11.9 Å². The van der Waals surface area contributed by atoms with Crippen LogP contribution in [-0.4, -0.2) is 21.8 Å². The van der Waals surface area contributed by atoms with Crippen LogP contribution in [0.1, 0.15) is 10.6 Å². The zero-order chi connectivity index (χ0) is 10.8. The zero-order valence-electron chi connectivity index (χ0n) is 9.11. The van der Waals surface area contributed by atoms with Crippen LogP contribution in [0.2, 0.25) is 0 Å². The summed E-state index contributed by atoms with van der Waals surface area (Å²) in [7, 11) is 3.86. The van der Waals surface area contributed by atoms with Gasteiger partial charge in [-0.05, 0) is 14.0 Å². The average Bonchev–Trinajstić information content (AvgIpc) is 2.75. The number of hydrogen-bond donors (Lipinski definition) is 1. The largest absolute Gasteiger partial charge is 0.315 e. The first-order valence-corrected chi connectivity index (χ1v) is 5.62. The van der Waals surface area contributed by atoms with Crippen molar-refractivity contribution in [3.8, 4) is 10.6 Å². The molecule has 2 rings (SSSR count). The van der Waals surface area contributed by atoms with E-state index in [0.29, 0.717) is 0 Å². The average molecular weight is 222 g/mol. The molecule has 0 radical (unpaired) electrons. The molecule has 80 valence electrons. The van der Waals surface area contributed by atoms with Gasteiger partial charge in [-0.2, -0.15) is 5.10 Å². The highest BCUT2D eigenvalue weighted by molar-refractivity contribution is 7.15. The fourth-order valence-electron chi connectivity index (χ4n) is 1.41. The molecule has 0 aliphatic carbocycles. The lowest BCUT2D eigenvalue weighted by atomic mass is 10.3. The molecule has 4 nitrogen and oxygen atoms in total. The normalized spacial score (nSPS) is 10.9. The molecule has 2 aromatic rings. The molecule has 0 saturated carbocycles. The quantitative estimate of drug-likeness (QED) is 0.857. The van der Waals surface area contributed by atoms with Gasteiger partial charge in [0.15, 0.2) is 0 Å². The molecule has 0 aliphatic heterocycles. The van der Waals surface area contributed by atoms with E-state index < -0.39 is 0 Å². The van der Waals surface area contributed by atoms with E-state index in [1.165, 1.54) is 4.88 Å². The Labute approximate surface area is 93.0 Å². The Hall–Kier alpha value is -1.20. The second-order valence-electron chi connectivity index (χ2n) is 3.46. The Balaban J connectivity index is 2.33. The molecule has 2 heterocycles. The SMILES string of the molecule is CNCc1sc(-c2cnn(C)c2)nc1C. The molecule has 5 heteroatoms. The zero-order valence-corrected chi connectivity index (χ0v) is 9.93. The first-order chi connectivity index (χ1) is 7.20. The van der Waals surface area contributed by atoms with E-state index in [1.807, 2.05) is 33.4 Å². The monoisotopic (exact) mass is 222 g/mol. The summed E-state index contributed by atoms with van der Waals surface area (Å²) in [4.78, 5) is 5.83. The molecule has 0 fully saturated rings. The molecule has 0 atom stereocenters. The van der Waals surface area contributed by atoms with Crippen molar-refractivity contribution in [2.24, 2.45) is 7.05 Å². The summed E-state index contributed by atoms with van der Waals surface area (Å²) in [5.41, 5.74) is 2.20. The Morgan fingerprint density at radius 1 is 1.53 bits per heavy atom. The van der Waals surface area contributed by atoms with Gasteiger partial charge in [-0.1, -0.05) is 0 Å². The number of aryl methyl sites for hydroxylation is 2. The minimum absolute atomic E-state index is 0.879. The molecule has 1 N–H and O–H groups in total. The van der Waals surface area contributed by atoms with Crippen molar-refractivity contribution >= 4 is 11.3 Å². The van der Waals surface area contributed by atoms with Crippen molar-refractivity contribution in [3.63, 3.8) is 0 Å². The molecular weight excluding hydrogens is 208 g/mol. The highest BCUT2D eigenvalue weighted by Crippen LogP contribution is 2.27. The molecule has 0 aromatic carbocycles. The Bertz CT molecular complexity index is 458. The van der Waals surface area contributed by atoms with Gasteiger partial charge in [-0.15, -0.1) is 11.3 Å². The Morgan fingerprint density at radius 3 is 2.93 bits per heavy atom. The topological polar surface area (TPSA) is 42.7 Å². The molecule has 15 heavy (non-hydrogen) atoms. The van der Waals surface area contributed by atoms with Crippen molar-refractivity contribution in [3.05, 3.63) is 23.0 Å².